The second-order valence-corrected chi connectivity index (χ2v) is 6.87. The number of hydrogen-bond donors (Lipinski definition) is 1. The summed E-state index contributed by atoms with van der Waals surface area (Å²) in [6.07, 6.45) is 2.26. The van der Waals surface area contributed by atoms with Gasteiger partial charge in [0, 0.05) is 13.1 Å². The Morgan fingerprint density at radius 1 is 1.40 bits per heavy atom. The Labute approximate surface area is 124 Å². The van der Waals surface area contributed by atoms with Crippen LogP contribution in [0.2, 0.25) is 0 Å². The Kier molecular flexibility index (Phi) is 6.96. The minimum Gasteiger partial charge on any atom is -0.465 e. The van der Waals surface area contributed by atoms with Crippen LogP contribution < -0.4 is 5.32 Å². The van der Waals surface area contributed by atoms with Crippen LogP contribution in [0, 0.1) is 11.3 Å². The van der Waals surface area contributed by atoms with Crippen molar-refractivity contribution in [2.45, 2.75) is 53.5 Å². The van der Waals surface area contributed by atoms with Crippen LogP contribution in [0.15, 0.2) is 0 Å². The molecule has 4 nitrogen and oxygen atoms in total. The number of carbonyl (C=O) groups excluding carboxylic acids is 1. The fraction of sp³-hybridized carbons (Fsp3) is 0.938. The summed E-state index contributed by atoms with van der Waals surface area (Å²) < 4.78 is 5.18. The van der Waals surface area contributed by atoms with Gasteiger partial charge in [-0.1, -0.05) is 27.7 Å². The Morgan fingerprint density at radius 2 is 2.10 bits per heavy atom. The van der Waals surface area contributed by atoms with E-state index in [2.05, 4.69) is 37.9 Å². The van der Waals surface area contributed by atoms with Crippen LogP contribution in [-0.2, 0) is 9.53 Å². The Bertz CT molecular complexity index is 299. The zero-order valence-electron chi connectivity index (χ0n) is 13.9. The zero-order valence-corrected chi connectivity index (χ0v) is 13.9. The largest absolute Gasteiger partial charge is 0.465 e. The fourth-order valence-electron chi connectivity index (χ4n) is 2.75. The number of likely N-dealkylation sites (tertiary alicyclic amines) is 1. The van der Waals surface area contributed by atoms with Gasteiger partial charge in [-0.3, -0.25) is 4.79 Å². The molecule has 1 fully saturated rings. The van der Waals surface area contributed by atoms with Gasteiger partial charge in [0.1, 0.15) is 6.04 Å². The first-order chi connectivity index (χ1) is 9.38. The lowest BCUT2D eigenvalue weighted by atomic mass is 9.80. The molecule has 20 heavy (non-hydrogen) atoms. The van der Waals surface area contributed by atoms with E-state index in [1.165, 1.54) is 6.42 Å². The summed E-state index contributed by atoms with van der Waals surface area (Å²) >= 11 is 0. The molecule has 0 spiro atoms. The van der Waals surface area contributed by atoms with Crippen LogP contribution in [0.1, 0.15) is 47.5 Å². The predicted octanol–water partition coefficient (Wildman–Crippen LogP) is 2.29. The van der Waals surface area contributed by atoms with Crippen LogP contribution in [0.25, 0.3) is 0 Å². The number of esters is 1. The molecular formula is C16H32N2O2. The molecule has 1 saturated heterocycles. The maximum atomic E-state index is 12.0. The normalized spacial score (nSPS) is 21.9. The smallest absolute Gasteiger partial charge is 0.324 e. The molecule has 1 aliphatic rings. The van der Waals surface area contributed by atoms with Crippen molar-refractivity contribution in [3.8, 4) is 0 Å². The lowest BCUT2D eigenvalue weighted by molar-refractivity contribution is -0.146. The number of nitrogens with zero attached hydrogens (tertiary/aromatic N) is 1. The lowest BCUT2D eigenvalue weighted by Gasteiger charge is -2.28. The maximum Gasteiger partial charge on any atom is 0.324 e. The van der Waals surface area contributed by atoms with Crippen molar-refractivity contribution in [1.29, 1.82) is 0 Å². The quantitative estimate of drug-likeness (QED) is 0.728. The molecule has 0 aromatic rings. The highest BCUT2D eigenvalue weighted by Gasteiger charge is 2.33. The van der Waals surface area contributed by atoms with E-state index >= 15 is 0 Å². The van der Waals surface area contributed by atoms with Gasteiger partial charge in [-0.2, -0.15) is 0 Å². The second-order valence-electron chi connectivity index (χ2n) is 6.87. The molecule has 0 aromatic heterocycles. The summed E-state index contributed by atoms with van der Waals surface area (Å²) in [6, 6.07) is -0.186. The molecule has 0 radical (unpaired) electrons. The standard InChI is InChI=1S/C16H32N2O2/c1-6-9-17-14(15(19)20-7-2)12-18-10-8-13(11-18)16(3,4)5/h13-14,17H,6-12H2,1-5H3. The van der Waals surface area contributed by atoms with Crippen LogP contribution >= 0.6 is 0 Å². The molecule has 1 N–H and O–H groups in total. The third-order valence-corrected chi connectivity index (χ3v) is 4.15. The average molecular weight is 284 g/mol. The summed E-state index contributed by atoms with van der Waals surface area (Å²) in [5, 5.41) is 3.32. The van der Waals surface area contributed by atoms with Gasteiger partial charge >= 0.3 is 5.97 Å². The van der Waals surface area contributed by atoms with E-state index in [4.69, 9.17) is 4.74 Å². The fourth-order valence-corrected chi connectivity index (χ4v) is 2.75. The van der Waals surface area contributed by atoms with Crippen molar-refractivity contribution in [3.63, 3.8) is 0 Å². The monoisotopic (exact) mass is 284 g/mol. The summed E-state index contributed by atoms with van der Waals surface area (Å²) in [5.74, 6) is 0.608. The number of rotatable bonds is 7. The molecule has 0 aromatic carbocycles. The highest BCUT2D eigenvalue weighted by atomic mass is 16.5. The van der Waals surface area contributed by atoms with Crippen molar-refractivity contribution >= 4 is 5.97 Å². The Hall–Kier alpha value is -0.610. The number of hydrogen-bond acceptors (Lipinski definition) is 4. The van der Waals surface area contributed by atoms with Gasteiger partial charge in [0.05, 0.1) is 6.61 Å². The van der Waals surface area contributed by atoms with Crippen LogP contribution in [-0.4, -0.2) is 49.7 Å². The third kappa shape index (κ3) is 5.41. The molecule has 0 amide bonds. The molecule has 1 aliphatic heterocycles. The first-order valence-corrected chi connectivity index (χ1v) is 8.00. The van der Waals surface area contributed by atoms with Gasteiger partial charge in [0.25, 0.3) is 0 Å². The molecule has 0 saturated carbocycles. The van der Waals surface area contributed by atoms with E-state index in [1.807, 2.05) is 6.92 Å². The molecule has 4 heteroatoms. The number of ether oxygens (including phenoxy) is 1. The zero-order chi connectivity index (χ0) is 15.2. The van der Waals surface area contributed by atoms with Crippen molar-refractivity contribution in [1.82, 2.24) is 10.2 Å². The van der Waals surface area contributed by atoms with Gasteiger partial charge in [-0.15, -0.1) is 0 Å². The van der Waals surface area contributed by atoms with Gasteiger partial charge in [-0.05, 0) is 44.2 Å². The number of nitrogens with one attached hydrogen (secondary N) is 1. The third-order valence-electron chi connectivity index (χ3n) is 4.15. The van der Waals surface area contributed by atoms with Gasteiger partial charge in [0.15, 0.2) is 0 Å². The van der Waals surface area contributed by atoms with Crippen LogP contribution in [0.4, 0.5) is 0 Å². The first kappa shape index (κ1) is 17.4. The van der Waals surface area contributed by atoms with E-state index in [0.717, 1.165) is 38.5 Å². The molecule has 1 rings (SSSR count). The second kappa shape index (κ2) is 7.99. The minimum atomic E-state index is -0.186. The highest BCUT2D eigenvalue weighted by Crippen LogP contribution is 2.33. The molecule has 0 aliphatic carbocycles. The van der Waals surface area contributed by atoms with Gasteiger partial charge in [0.2, 0.25) is 0 Å². The first-order valence-electron chi connectivity index (χ1n) is 8.00. The summed E-state index contributed by atoms with van der Waals surface area (Å²) in [5.41, 5.74) is 0.352. The van der Waals surface area contributed by atoms with E-state index in [1.54, 1.807) is 0 Å². The maximum absolute atomic E-state index is 12.0. The molecule has 1 heterocycles. The van der Waals surface area contributed by atoms with Crippen molar-refractivity contribution in [2.75, 3.05) is 32.8 Å². The SMILES string of the molecule is CCCNC(CN1CCC(C(C)(C)C)C1)C(=O)OCC. The highest BCUT2D eigenvalue weighted by molar-refractivity contribution is 5.76. The predicted molar refractivity (Wildman–Crippen MR) is 82.7 cm³/mol. The average Bonchev–Trinajstić information content (AvgIpc) is 2.83. The van der Waals surface area contributed by atoms with E-state index in [9.17, 15) is 4.79 Å². The molecule has 2 unspecified atom stereocenters. The summed E-state index contributed by atoms with van der Waals surface area (Å²) in [7, 11) is 0. The molecule has 0 bridgehead atoms. The topological polar surface area (TPSA) is 41.6 Å². The van der Waals surface area contributed by atoms with Crippen molar-refractivity contribution in [3.05, 3.63) is 0 Å². The molecule has 2 atom stereocenters. The summed E-state index contributed by atoms with van der Waals surface area (Å²) in [6.45, 7) is 15.1. The number of carbonyl (C=O) groups is 1. The van der Waals surface area contributed by atoms with Crippen LogP contribution in [0.3, 0.4) is 0 Å². The lowest BCUT2D eigenvalue weighted by Crippen LogP contribution is -2.47. The van der Waals surface area contributed by atoms with Gasteiger partial charge < -0.3 is 15.0 Å². The van der Waals surface area contributed by atoms with Crippen LogP contribution in [0.5, 0.6) is 0 Å². The summed E-state index contributed by atoms with van der Waals surface area (Å²) in [4.78, 5) is 14.4. The van der Waals surface area contributed by atoms with E-state index < -0.39 is 0 Å². The molecular weight excluding hydrogens is 252 g/mol. The Balaban J connectivity index is 2.51. The van der Waals surface area contributed by atoms with Crippen molar-refractivity contribution < 1.29 is 9.53 Å². The molecule has 118 valence electrons. The minimum absolute atomic E-state index is 0.111. The van der Waals surface area contributed by atoms with Crippen molar-refractivity contribution in [2.24, 2.45) is 11.3 Å². The Morgan fingerprint density at radius 3 is 2.60 bits per heavy atom. The van der Waals surface area contributed by atoms with Gasteiger partial charge in [-0.25, -0.2) is 0 Å². The van der Waals surface area contributed by atoms with E-state index in [-0.39, 0.29) is 12.0 Å². The van der Waals surface area contributed by atoms with E-state index in [0.29, 0.717) is 12.0 Å².